The monoisotopic (exact) mass is 336 g/mol. The summed E-state index contributed by atoms with van der Waals surface area (Å²) in [5.74, 6) is 0. The molecule has 0 saturated heterocycles. The maximum atomic E-state index is 5.81. The Kier molecular flexibility index (Phi) is 4.96. The minimum atomic E-state index is -0.00294. The van der Waals surface area contributed by atoms with Gasteiger partial charge in [0, 0.05) is 34.4 Å². The van der Waals surface area contributed by atoms with E-state index in [1.165, 1.54) is 33.3 Å². The first-order chi connectivity index (χ1) is 11.9. The van der Waals surface area contributed by atoms with E-state index in [0.29, 0.717) is 6.61 Å². The van der Waals surface area contributed by atoms with Crippen LogP contribution in [0.5, 0.6) is 0 Å². The van der Waals surface area contributed by atoms with Crippen molar-refractivity contribution >= 4 is 10.9 Å². The lowest BCUT2D eigenvalue weighted by molar-refractivity contribution is 0.0650. The number of nitrogens with one attached hydrogen (secondary N) is 1. The summed E-state index contributed by atoms with van der Waals surface area (Å²) in [6.07, 6.45) is 4.98. The molecular formula is C22H28N2O. The van der Waals surface area contributed by atoms with Crippen LogP contribution in [0.1, 0.15) is 50.1 Å². The van der Waals surface area contributed by atoms with Crippen LogP contribution < -0.4 is 0 Å². The average molecular weight is 336 g/mol. The van der Waals surface area contributed by atoms with Crippen molar-refractivity contribution in [2.45, 2.75) is 59.2 Å². The molecule has 2 aromatic heterocycles. The molecule has 0 atom stereocenters. The number of benzene rings is 1. The van der Waals surface area contributed by atoms with Crippen molar-refractivity contribution in [3.8, 4) is 0 Å². The highest BCUT2D eigenvalue weighted by Crippen LogP contribution is 2.34. The van der Waals surface area contributed by atoms with Gasteiger partial charge in [-0.3, -0.25) is 4.98 Å². The first-order valence-corrected chi connectivity index (χ1v) is 8.99. The second kappa shape index (κ2) is 7.01. The summed E-state index contributed by atoms with van der Waals surface area (Å²) in [4.78, 5) is 7.94. The molecule has 0 amide bonds. The molecule has 132 valence electrons. The normalized spacial score (nSPS) is 12.2. The van der Waals surface area contributed by atoms with Crippen LogP contribution in [0.25, 0.3) is 10.9 Å². The van der Waals surface area contributed by atoms with Crippen LogP contribution in [0, 0.1) is 6.92 Å². The molecular weight excluding hydrogens is 308 g/mol. The van der Waals surface area contributed by atoms with Crippen LogP contribution in [0.2, 0.25) is 0 Å². The highest BCUT2D eigenvalue weighted by Gasteiger charge is 2.27. The van der Waals surface area contributed by atoms with E-state index in [2.05, 4.69) is 74.9 Å². The summed E-state index contributed by atoms with van der Waals surface area (Å²) in [6, 6.07) is 10.6. The molecule has 1 aromatic carbocycles. The van der Waals surface area contributed by atoms with E-state index < -0.39 is 0 Å². The molecule has 3 heteroatoms. The number of rotatable bonds is 6. The zero-order valence-corrected chi connectivity index (χ0v) is 15.9. The smallest absolute Gasteiger partial charge is 0.0738 e. The molecule has 3 aromatic rings. The Morgan fingerprint density at radius 2 is 1.88 bits per heavy atom. The van der Waals surface area contributed by atoms with Crippen molar-refractivity contribution in [3.05, 3.63) is 65.1 Å². The maximum absolute atomic E-state index is 5.81. The van der Waals surface area contributed by atoms with Gasteiger partial charge >= 0.3 is 0 Å². The largest absolute Gasteiger partial charge is 0.374 e. The standard InChI is InChI=1S/C22H28N2O/c1-15(2)25-14-18-13-23-11-10-17(18)12-22(4,5)21-16(3)19-8-6-7-9-20(19)24-21/h6-11,13,15,24H,12,14H2,1-5H3. The summed E-state index contributed by atoms with van der Waals surface area (Å²) in [6.45, 7) is 11.6. The number of nitrogens with zero attached hydrogens (tertiary/aromatic N) is 1. The van der Waals surface area contributed by atoms with E-state index in [1.807, 2.05) is 12.4 Å². The number of hydrogen-bond donors (Lipinski definition) is 1. The molecule has 0 fully saturated rings. The van der Waals surface area contributed by atoms with Crippen LogP contribution in [0.15, 0.2) is 42.7 Å². The van der Waals surface area contributed by atoms with Gasteiger partial charge in [-0.15, -0.1) is 0 Å². The maximum Gasteiger partial charge on any atom is 0.0738 e. The lowest BCUT2D eigenvalue weighted by atomic mass is 9.80. The SMILES string of the molecule is Cc1c(C(C)(C)Cc2ccncc2COC(C)C)[nH]c2ccccc12. The number of pyridine rings is 1. The van der Waals surface area contributed by atoms with E-state index in [9.17, 15) is 0 Å². The van der Waals surface area contributed by atoms with Crippen molar-refractivity contribution in [2.75, 3.05) is 0 Å². The number of para-hydroxylation sites is 1. The molecule has 0 aliphatic rings. The number of aromatic nitrogens is 2. The Morgan fingerprint density at radius 1 is 1.12 bits per heavy atom. The lowest BCUT2D eigenvalue weighted by Crippen LogP contribution is -2.23. The molecule has 0 bridgehead atoms. The average Bonchev–Trinajstić information content (AvgIpc) is 2.92. The van der Waals surface area contributed by atoms with Gasteiger partial charge in [-0.2, -0.15) is 0 Å². The fourth-order valence-electron chi connectivity index (χ4n) is 3.54. The Morgan fingerprint density at radius 3 is 2.60 bits per heavy atom. The van der Waals surface area contributed by atoms with Crippen LogP contribution in [-0.4, -0.2) is 16.1 Å². The fraction of sp³-hybridized carbons (Fsp3) is 0.409. The van der Waals surface area contributed by atoms with Crippen molar-refractivity contribution in [3.63, 3.8) is 0 Å². The van der Waals surface area contributed by atoms with Crippen LogP contribution in [-0.2, 0) is 23.2 Å². The van der Waals surface area contributed by atoms with Gasteiger partial charge in [0.05, 0.1) is 12.7 Å². The molecule has 0 aliphatic carbocycles. The Balaban J connectivity index is 1.92. The molecule has 25 heavy (non-hydrogen) atoms. The first-order valence-electron chi connectivity index (χ1n) is 8.99. The third-order valence-corrected chi connectivity index (χ3v) is 4.85. The van der Waals surface area contributed by atoms with Crippen LogP contribution >= 0.6 is 0 Å². The quantitative estimate of drug-likeness (QED) is 0.662. The van der Waals surface area contributed by atoms with Gasteiger partial charge in [0.15, 0.2) is 0 Å². The first kappa shape index (κ1) is 17.7. The number of H-pyrrole nitrogens is 1. The van der Waals surface area contributed by atoms with Gasteiger partial charge in [0.1, 0.15) is 0 Å². The van der Waals surface area contributed by atoms with Crippen molar-refractivity contribution < 1.29 is 4.74 Å². The number of fused-ring (bicyclic) bond motifs is 1. The van der Waals surface area contributed by atoms with Gasteiger partial charge in [0.25, 0.3) is 0 Å². The number of ether oxygens (including phenoxy) is 1. The Bertz CT molecular complexity index is 861. The van der Waals surface area contributed by atoms with E-state index >= 15 is 0 Å². The second-order valence-electron chi connectivity index (χ2n) is 7.74. The zero-order chi connectivity index (χ0) is 18.0. The molecule has 0 saturated carbocycles. The summed E-state index contributed by atoms with van der Waals surface area (Å²) in [7, 11) is 0. The number of hydrogen-bond acceptors (Lipinski definition) is 2. The second-order valence-corrected chi connectivity index (χ2v) is 7.74. The Labute approximate surface area is 150 Å². The van der Waals surface area contributed by atoms with E-state index in [1.54, 1.807) is 0 Å². The molecule has 3 rings (SSSR count). The molecule has 1 N–H and O–H groups in total. The Hall–Kier alpha value is -2.13. The minimum Gasteiger partial charge on any atom is -0.374 e. The molecule has 0 radical (unpaired) electrons. The highest BCUT2D eigenvalue weighted by molar-refractivity contribution is 5.84. The van der Waals surface area contributed by atoms with E-state index in [-0.39, 0.29) is 11.5 Å². The summed E-state index contributed by atoms with van der Waals surface area (Å²) in [5, 5.41) is 1.31. The van der Waals surface area contributed by atoms with Gasteiger partial charge in [-0.25, -0.2) is 0 Å². The predicted octanol–water partition coefficient (Wildman–Crippen LogP) is 5.32. The summed E-state index contributed by atoms with van der Waals surface area (Å²) in [5.41, 5.74) is 6.34. The fourth-order valence-corrected chi connectivity index (χ4v) is 3.54. The zero-order valence-electron chi connectivity index (χ0n) is 15.9. The van der Waals surface area contributed by atoms with Crippen molar-refractivity contribution in [1.29, 1.82) is 0 Å². The van der Waals surface area contributed by atoms with Gasteiger partial charge in [-0.05, 0) is 56.0 Å². The van der Waals surface area contributed by atoms with E-state index in [4.69, 9.17) is 4.74 Å². The molecule has 0 spiro atoms. The summed E-state index contributed by atoms with van der Waals surface area (Å²) >= 11 is 0. The van der Waals surface area contributed by atoms with Gasteiger partial charge in [-0.1, -0.05) is 32.0 Å². The molecule has 3 nitrogen and oxygen atoms in total. The highest BCUT2D eigenvalue weighted by atomic mass is 16.5. The molecule has 0 unspecified atom stereocenters. The third kappa shape index (κ3) is 3.77. The number of aromatic amines is 1. The summed E-state index contributed by atoms with van der Waals surface area (Å²) < 4.78 is 5.81. The number of aryl methyl sites for hydroxylation is 1. The van der Waals surface area contributed by atoms with Gasteiger partial charge < -0.3 is 9.72 Å². The molecule has 2 heterocycles. The van der Waals surface area contributed by atoms with Crippen LogP contribution in [0.3, 0.4) is 0 Å². The minimum absolute atomic E-state index is 0.00294. The van der Waals surface area contributed by atoms with Crippen molar-refractivity contribution in [2.24, 2.45) is 0 Å². The predicted molar refractivity (Wildman–Crippen MR) is 104 cm³/mol. The van der Waals surface area contributed by atoms with Crippen molar-refractivity contribution in [1.82, 2.24) is 9.97 Å². The lowest BCUT2D eigenvalue weighted by Gasteiger charge is -2.26. The third-order valence-electron chi connectivity index (χ3n) is 4.85. The topological polar surface area (TPSA) is 37.9 Å². The van der Waals surface area contributed by atoms with E-state index in [0.717, 1.165) is 6.42 Å². The molecule has 0 aliphatic heterocycles. The van der Waals surface area contributed by atoms with Gasteiger partial charge in [0.2, 0.25) is 0 Å². The van der Waals surface area contributed by atoms with Crippen LogP contribution in [0.4, 0.5) is 0 Å².